The van der Waals surface area contributed by atoms with E-state index >= 15 is 0 Å². The molecule has 0 aliphatic carbocycles. The zero-order valence-electron chi connectivity index (χ0n) is 14.4. The highest BCUT2D eigenvalue weighted by Gasteiger charge is 2.29. The van der Waals surface area contributed by atoms with E-state index in [-0.39, 0.29) is 0 Å². The summed E-state index contributed by atoms with van der Waals surface area (Å²) in [6, 6.07) is 8.25. The third-order valence-corrected chi connectivity index (χ3v) is 4.90. The molecule has 21 heavy (non-hydrogen) atoms. The lowest BCUT2D eigenvalue weighted by molar-refractivity contribution is 0.0885. The van der Waals surface area contributed by atoms with Crippen molar-refractivity contribution in [1.82, 2.24) is 10.2 Å². The Bertz CT molecular complexity index is 453. The summed E-state index contributed by atoms with van der Waals surface area (Å²) in [4.78, 5) is 2.70. The molecule has 1 aliphatic heterocycles. The van der Waals surface area contributed by atoms with Crippen LogP contribution in [0.25, 0.3) is 0 Å². The van der Waals surface area contributed by atoms with Crippen molar-refractivity contribution in [3.05, 3.63) is 34.9 Å². The maximum atomic E-state index is 3.75. The van der Waals surface area contributed by atoms with Crippen LogP contribution in [-0.2, 0) is 6.54 Å². The summed E-state index contributed by atoms with van der Waals surface area (Å²) in [6.45, 7) is 14.8. The molecule has 1 heterocycles. The van der Waals surface area contributed by atoms with Gasteiger partial charge in [-0.1, -0.05) is 45.4 Å². The van der Waals surface area contributed by atoms with Crippen molar-refractivity contribution in [2.75, 3.05) is 13.1 Å². The zero-order chi connectivity index (χ0) is 15.4. The first kappa shape index (κ1) is 16.5. The summed E-state index contributed by atoms with van der Waals surface area (Å²) < 4.78 is 0. The number of aryl methyl sites for hydroxylation is 2. The normalized spacial score (nSPS) is 23.7. The second-order valence-corrected chi connectivity index (χ2v) is 7.05. The first-order valence-corrected chi connectivity index (χ1v) is 8.54. The van der Waals surface area contributed by atoms with Crippen molar-refractivity contribution in [3.8, 4) is 0 Å². The molecule has 2 nitrogen and oxygen atoms in total. The van der Waals surface area contributed by atoms with E-state index in [1.54, 1.807) is 0 Å². The fourth-order valence-corrected chi connectivity index (χ4v) is 3.42. The Balaban J connectivity index is 2.09. The number of hydrogen-bond acceptors (Lipinski definition) is 2. The molecule has 2 rings (SSSR count). The van der Waals surface area contributed by atoms with Crippen LogP contribution < -0.4 is 5.32 Å². The molecule has 0 saturated carbocycles. The molecule has 1 N–H and O–H groups in total. The molecule has 1 fully saturated rings. The van der Waals surface area contributed by atoms with Crippen molar-refractivity contribution < 1.29 is 0 Å². The number of rotatable bonds is 5. The molecule has 118 valence electrons. The number of nitrogens with zero attached hydrogens (tertiary/aromatic N) is 1. The highest BCUT2D eigenvalue weighted by Crippen LogP contribution is 2.21. The van der Waals surface area contributed by atoms with E-state index in [0.717, 1.165) is 13.1 Å². The molecule has 2 heteroatoms. The van der Waals surface area contributed by atoms with Crippen molar-refractivity contribution in [3.63, 3.8) is 0 Å². The smallest absolute Gasteiger partial charge is 0.0247 e. The van der Waals surface area contributed by atoms with Gasteiger partial charge in [0.15, 0.2) is 0 Å². The monoisotopic (exact) mass is 288 g/mol. The minimum Gasteiger partial charge on any atom is -0.311 e. The predicted octanol–water partition coefficient (Wildman–Crippen LogP) is 3.90. The van der Waals surface area contributed by atoms with E-state index < -0.39 is 0 Å². The molecule has 0 radical (unpaired) electrons. The standard InChI is InChI=1S/C19H32N2/c1-6-7-18-13-21(19(11-20-18)14(2)3)12-17-9-8-15(4)16(5)10-17/h8-10,14,18-20H,6-7,11-13H2,1-5H3. The van der Waals surface area contributed by atoms with Gasteiger partial charge in [0.05, 0.1) is 0 Å². The molecule has 0 bridgehead atoms. The number of nitrogens with one attached hydrogen (secondary N) is 1. The molecule has 1 saturated heterocycles. The van der Waals surface area contributed by atoms with Crippen LogP contribution in [-0.4, -0.2) is 30.1 Å². The number of hydrogen-bond donors (Lipinski definition) is 1. The van der Waals surface area contributed by atoms with Gasteiger partial charge in [0.25, 0.3) is 0 Å². The van der Waals surface area contributed by atoms with Gasteiger partial charge in [0, 0.05) is 31.7 Å². The van der Waals surface area contributed by atoms with Crippen molar-refractivity contribution in [1.29, 1.82) is 0 Å². The third kappa shape index (κ3) is 4.31. The Hall–Kier alpha value is -0.860. The Morgan fingerprint density at radius 3 is 2.62 bits per heavy atom. The maximum absolute atomic E-state index is 3.75. The first-order valence-electron chi connectivity index (χ1n) is 8.54. The van der Waals surface area contributed by atoms with Crippen LogP contribution in [0.2, 0.25) is 0 Å². The summed E-state index contributed by atoms with van der Waals surface area (Å²) in [5.74, 6) is 0.701. The molecular weight excluding hydrogens is 256 g/mol. The Kier molecular flexibility index (Phi) is 5.83. The fourth-order valence-electron chi connectivity index (χ4n) is 3.42. The van der Waals surface area contributed by atoms with Gasteiger partial charge in [0.1, 0.15) is 0 Å². The molecule has 2 atom stereocenters. The van der Waals surface area contributed by atoms with Gasteiger partial charge in [-0.2, -0.15) is 0 Å². The Morgan fingerprint density at radius 2 is 2.00 bits per heavy atom. The zero-order valence-corrected chi connectivity index (χ0v) is 14.4. The number of piperazine rings is 1. The molecule has 1 aliphatic rings. The fraction of sp³-hybridized carbons (Fsp3) is 0.684. The van der Waals surface area contributed by atoms with E-state index in [9.17, 15) is 0 Å². The van der Waals surface area contributed by atoms with Gasteiger partial charge in [-0.25, -0.2) is 0 Å². The van der Waals surface area contributed by atoms with Gasteiger partial charge in [-0.05, 0) is 42.9 Å². The predicted molar refractivity (Wildman–Crippen MR) is 91.7 cm³/mol. The van der Waals surface area contributed by atoms with Gasteiger partial charge >= 0.3 is 0 Å². The SMILES string of the molecule is CCCC1CN(Cc2ccc(C)c(C)c2)C(C(C)C)CN1. The van der Waals surface area contributed by atoms with Gasteiger partial charge < -0.3 is 5.32 Å². The lowest BCUT2D eigenvalue weighted by Crippen LogP contribution is -2.57. The Morgan fingerprint density at radius 1 is 1.24 bits per heavy atom. The second-order valence-electron chi connectivity index (χ2n) is 7.05. The van der Waals surface area contributed by atoms with E-state index in [0.29, 0.717) is 18.0 Å². The van der Waals surface area contributed by atoms with Gasteiger partial charge in [-0.3, -0.25) is 4.90 Å². The van der Waals surface area contributed by atoms with Crippen LogP contribution >= 0.6 is 0 Å². The van der Waals surface area contributed by atoms with Crippen molar-refractivity contribution >= 4 is 0 Å². The van der Waals surface area contributed by atoms with Crippen molar-refractivity contribution in [2.24, 2.45) is 5.92 Å². The van der Waals surface area contributed by atoms with Gasteiger partial charge in [-0.15, -0.1) is 0 Å². The minimum atomic E-state index is 0.653. The molecule has 1 aromatic carbocycles. The van der Waals surface area contributed by atoms with E-state index in [2.05, 4.69) is 63.0 Å². The first-order chi connectivity index (χ1) is 10.0. The van der Waals surface area contributed by atoms with Crippen LogP contribution in [0.1, 0.15) is 50.3 Å². The maximum Gasteiger partial charge on any atom is 0.0247 e. The third-order valence-electron chi connectivity index (χ3n) is 4.90. The van der Waals surface area contributed by atoms with E-state index in [1.165, 1.54) is 36.1 Å². The van der Waals surface area contributed by atoms with Crippen LogP contribution in [0.4, 0.5) is 0 Å². The quantitative estimate of drug-likeness (QED) is 0.884. The molecule has 0 amide bonds. The van der Waals surface area contributed by atoms with Crippen LogP contribution in [0.15, 0.2) is 18.2 Å². The summed E-state index contributed by atoms with van der Waals surface area (Å²) in [6.07, 6.45) is 2.55. The highest BCUT2D eigenvalue weighted by molar-refractivity contribution is 5.30. The minimum absolute atomic E-state index is 0.653. The molecule has 2 unspecified atom stereocenters. The van der Waals surface area contributed by atoms with Crippen LogP contribution in [0.3, 0.4) is 0 Å². The topological polar surface area (TPSA) is 15.3 Å². The lowest BCUT2D eigenvalue weighted by atomic mass is 9.96. The number of benzene rings is 1. The average molecular weight is 288 g/mol. The summed E-state index contributed by atoms with van der Waals surface area (Å²) in [5, 5.41) is 3.75. The van der Waals surface area contributed by atoms with E-state index in [4.69, 9.17) is 0 Å². The van der Waals surface area contributed by atoms with Crippen LogP contribution in [0.5, 0.6) is 0 Å². The second kappa shape index (κ2) is 7.42. The molecule has 0 spiro atoms. The molecular formula is C19H32N2. The summed E-state index contributed by atoms with van der Waals surface area (Å²) in [7, 11) is 0. The molecule has 1 aromatic rings. The average Bonchev–Trinajstić information content (AvgIpc) is 2.43. The molecule has 0 aromatic heterocycles. The largest absolute Gasteiger partial charge is 0.311 e. The van der Waals surface area contributed by atoms with Crippen LogP contribution in [0, 0.1) is 19.8 Å². The Labute approximate surface area is 130 Å². The highest BCUT2D eigenvalue weighted by atomic mass is 15.2. The lowest BCUT2D eigenvalue weighted by Gasteiger charge is -2.42. The summed E-state index contributed by atoms with van der Waals surface area (Å²) in [5.41, 5.74) is 4.26. The summed E-state index contributed by atoms with van der Waals surface area (Å²) >= 11 is 0. The van der Waals surface area contributed by atoms with Gasteiger partial charge in [0.2, 0.25) is 0 Å². The van der Waals surface area contributed by atoms with Crippen molar-refractivity contribution in [2.45, 2.75) is 66.1 Å². The van der Waals surface area contributed by atoms with E-state index in [1.807, 2.05) is 0 Å².